The Hall–Kier alpha value is -2.38. The van der Waals surface area contributed by atoms with Gasteiger partial charge in [0.15, 0.2) is 0 Å². The summed E-state index contributed by atoms with van der Waals surface area (Å²) >= 11 is 0. The van der Waals surface area contributed by atoms with Crippen molar-refractivity contribution in [2.45, 2.75) is 75.8 Å². The lowest BCUT2D eigenvalue weighted by Crippen LogP contribution is -2.47. The number of rotatable bonds is 2. The van der Waals surface area contributed by atoms with Gasteiger partial charge in [0.2, 0.25) is 0 Å². The predicted molar refractivity (Wildman–Crippen MR) is 133 cm³/mol. The maximum atomic E-state index is 4.13. The molecule has 1 aliphatic carbocycles. The highest BCUT2D eigenvalue weighted by Gasteiger charge is 2.62. The lowest BCUT2D eigenvalue weighted by atomic mass is 9.75. The molecule has 3 aromatic rings. The van der Waals surface area contributed by atoms with E-state index in [-0.39, 0.29) is 21.9 Å². The standard InChI is InChI=1S/C31H35N/c1-28(2,3)22-16-14-21(15-17-22)18-31-20-23(31)19-29(4)24-10-6-7-11-25(24)30(5,32-29)26-12-8-9-13-27(26)31/h6-17,23,32H,18-20H2,1-5H3/t23-,29-,30-,31+/m1/s1. The topological polar surface area (TPSA) is 12.0 Å². The molecule has 3 aromatic carbocycles. The SMILES string of the molecule is CC(C)(C)c1ccc(C[C@]23C[C@H]2C[C@@]2(C)N[C@@](C)(c4ccccc43)c3ccccc32)cc1. The minimum absolute atomic E-state index is 0.0292. The van der Waals surface area contributed by atoms with Gasteiger partial charge in [0.25, 0.3) is 0 Å². The van der Waals surface area contributed by atoms with Crippen molar-refractivity contribution < 1.29 is 0 Å². The van der Waals surface area contributed by atoms with Crippen molar-refractivity contribution in [3.05, 3.63) is 106 Å². The number of hydrogen-bond acceptors (Lipinski definition) is 1. The van der Waals surface area contributed by atoms with Crippen molar-refractivity contribution in [1.82, 2.24) is 5.32 Å². The zero-order valence-corrected chi connectivity index (χ0v) is 20.1. The first-order chi connectivity index (χ1) is 15.2. The van der Waals surface area contributed by atoms with Crippen molar-refractivity contribution in [3.8, 4) is 0 Å². The van der Waals surface area contributed by atoms with E-state index in [0.29, 0.717) is 5.92 Å². The minimum atomic E-state index is -0.140. The monoisotopic (exact) mass is 421 g/mol. The summed E-state index contributed by atoms with van der Waals surface area (Å²) in [6.45, 7) is 11.7. The predicted octanol–water partition coefficient (Wildman–Crippen LogP) is 6.97. The smallest absolute Gasteiger partial charge is 0.0674 e. The average Bonchev–Trinajstić information content (AvgIpc) is 3.37. The van der Waals surface area contributed by atoms with Gasteiger partial charge in [0.05, 0.1) is 5.54 Å². The normalized spacial score (nSPS) is 32.3. The molecule has 1 nitrogen and oxygen atoms in total. The van der Waals surface area contributed by atoms with Crippen molar-refractivity contribution in [3.63, 3.8) is 0 Å². The van der Waals surface area contributed by atoms with Crippen LogP contribution < -0.4 is 5.32 Å². The second-order valence-electron chi connectivity index (χ2n) is 12.1. The molecule has 32 heavy (non-hydrogen) atoms. The Bertz CT molecular complexity index is 1200. The maximum absolute atomic E-state index is 4.13. The van der Waals surface area contributed by atoms with E-state index in [1.165, 1.54) is 40.7 Å². The summed E-state index contributed by atoms with van der Waals surface area (Å²) in [5, 5.41) is 4.13. The molecule has 0 saturated heterocycles. The zero-order valence-electron chi connectivity index (χ0n) is 20.1. The summed E-state index contributed by atoms with van der Waals surface area (Å²) in [7, 11) is 0. The Labute approximate surface area is 193 Å². The van der Waals surface area contributed by atoms with Crippen LogP contribution in [0.25, 0.3) is 0 Å². The van der Waals surface area contributed by atoms with E-state index < -0.39 is 0 Å². The molecule has 164 valence electrons. The molecule has 0 unspecified atom stereocenters. The fourth-order valence-electron chi connectivity index (χ4n) is 7.08. The molecule has 0 spiro atoms. The fourth-order valence-corrected chi connectivity index (χ4v) is 7.08. The molecular formula is C31H35N. The van der Waals surface area contributed by atoms with Crippen LogP contribution in [0.4, 0.5) is 0 Å². The van der Waals surface area contributed by atoms with Gasteiger partial charge in [-0.1, -0.05) is 93.6 Å². The Morgan fingerprint density at radius 2 is 1.31 bits per heavy atom. The van der Waals surface area contributed by atoms with E-state index in [1.807, 2.05) is 0 Å². The van der Waals surface area contributed by atoms with Crippen LogP contribution in [0, 0.1) is 5.92 Å². The second-order valence-corrected chi connectivity index (χ2v) is 12.1. The molecule has 3 aliphatic rings. The molecule has 0 amide bonds. The van der Waals surface area contributed by atoms with Crippen LogP contribution in [0.3, 0.4) is 0 Å². The van der Waals surface area contributed by atoms with Gasteiger partial charge in [-0.3, -0.25) is 5.32 Å². The highest BCUT2D eigenvalue weighted by molar-refractivity contribution is 5.57. The van der Waals surface area contributed by atoms with Gasteiger partial charge in [-0.2, -0.15) is 0 Å². The van der Waals surface area contributed by atoms with Gasteiger partial charge in [-0.15, -0.1) is 0 Å². The quantitative estimate of drug-likeness (QED) is 0.471. The van der Waals surface area contributed by atoms with Crippen molar-refractivity contribution in [1.29, 1.82) is 0 Å². The number of fused-ring (bicyclic) bond motifs is 9. The van der Waals surface area contributed by atoms with Gasteiger partial charge in [-0.25, -0.2) is 0 Å². The molecule has 1 heteroatoms. The third-order valence-electron chi connectivity index (χ3n) is 8.81. The first-order valence-corrected chi connectivity index (χ1v) is 12.2. The van der Waals surface area contributed by atoms with Crippen molar-refractivity contribution >= 4 is 0 Å². The first kappa shape index (κ1) is 20.2. The van der Waals surface area contributed by atoms with Gasteiger partial charge >= 0.3 is 0 Å². The second kappa shape index (κ2) is 6.35. The van der Waals surface area contributed by atoms with E-state index in [2.05, 4.69) is 113 Å². The van der Waals surface area contributed by atoms with E-state index >= 15 is 0 Å². The van der Waals surface area contributed by atoms with Gasteiger partial charge in [-0.05, 0) is 77.8 Å². The van der Waals surface area contributed by atoms with Crippen LogP contribution in [-0.4, -0.2) is 0 Å². The lowest BCUT2D eigenvalue weighted by molar-refractivity contribution is 0.264. The molecule has 6 rings (SSSR count). The van der Waals surface area contributed by atoms with Crippen LogP contribution in [0.2, 0.25) is 0 Å². The van der Waals surface area contributed by atoms with E-state index in [1.54, 1.807) is 5.56 Å². The average molecular weight is 422 g/mol. The molecule has 0 aromatic heterocycles. The molecule has 1 fully saturated rings. The third-order valence-corrected chi connectivity index (χ3v) is 8.81. The molecule has 4 atom stereocenters. The summed E-state index contributed by atoms with van der Waals surface area (Å²) in [6.07, 6.45) is 3.64. The first-order valence-electron chi connectivity index (χ1n) is 12.2. The Morgan fingerprint density at radius 3 is 1.94 bits per heavy atom. The molecule has 2 aliphatic heterocycles. The van der Waals surface area contributed by atoms with E-state index in [4.69, 9.17) is 0 Å². The number of benzene rings is 3. The highest BCUT2D eigenvalue weighted by atomic mass is 15.1. The Balaban J connectivity index is 1.47. The summed E-state index contributed by atoms with van der Waals surface area (Å²) in [5.74, 6) is 0.708. The summed E-state index contributed by atoms with van der Waals surface area (Å²) in [4.78, 5) is 0. The summed E-state index contributed by atoms with van der Waals surface area (Å²) < 4.78 is 0. The fraction of sp³-hybridized carbons (Fsp3) is 0.419. The zero-order chi connectivity index (χ0) is 22.4. The molecule has 1 saturated carbocycles. The van der Waals surface area contributed by atoms with Crippen LogP contribution in [0.5, 0.6) is 0 Å². The Morgan fingerprint density at radius 1 is 0.750 bits per heavy atom. The molecule has 0 radical (unpaired) electrons. The van der Waals surface area contributed by atoms with E-state index in [9.17, 15) is 0 Å². The van der Waals surface area contributed by atoms with Crippen LogP contribution in [0.15, 0.2) is 72.8 Å². The molecular weight excluding hydrogens is 386 g/mol. The largest absolute Gasteiger partial charge is 0.294 e. The van der Waals surface area contributed by atoms with Crippen LogP contribution >= 0.6 is 0 Å². The van der Waals surface area contributed by atoms with Crippen LogP contribution in [0.1, 0.15) is 80.8 Å². The Kier molecular flexibility index (Phi) is 4.02. The number of hydrogen-bond donors (Lipinski definition) is 1. The van der Waals surface area contributed by atoms with Gasteiger partial charge in [0, 0.05) is 11.0 Å². The van der Waals surface area contributed by atoms with Gasteiger partial charge < -0.3 is 0 Å². The highest BCUT2D eigenvalue weighted by Crippen LogP contribution is 2.65. The van der Waals surface area contributed by atoms with Crippen LogP contribution in [-0.2, 0) is 28.3 Å². The third kappa shape index (κ3) is 2.73. The molecule has 1 N–H and O–H groups in total. The molecule has 2 heterocycles. The maximum Gasteiger partial charge on any atom is 0.0674 e. The minimum Gasteiger partial charge on any atom is -0.294 e. The molecule has 2 bridgehead atoms. The van der Waals surface area contributed by atoms with E-state index in [0.717, 1.165) is 6.42 Å². The lowest BCUT2D eigenvalue weighted by Gasteiger charge is -2.39. The summed E-state index contributed by atoms with van der Waals surface area (Å²) in [5.41, 5.74) is 9.24. The number of nitrogens with one attached hydrogen (secondary N) is 1. The summed E-state index contributed by atoms with van der Waals surface area (Å²) in [6, 6.07) is 27.9. The van der Waals surface area contributed by atoms with Gasteiger partial charge in [0.1, 0.15) is 0 Å². The van der Waals surface area contributed by atoms with Crippen molar-refractivity contribution in [2.24, 2.45) is 5.92 Å². The van der Waals surface area contributed by atoms with Crippen molar-refractivity contribution in [2.75, 3.05) is 0 Å².